The van der Waals surface area contributed by atoms with Crippen LogP contribution >= 0.6 is 50.9 Å². The summed E-state index contributed by atoms with van der Waals surface area (Å²) in [4.78, 5) is 39.6. The number of sulfonamides is 1. The molecule has 0 saturated heterocycles. The van der Waals surface area contributed by atoms with Crippen molar-refractivity contribution >= 4 is 95.4 Å². The Morgan fingerprint density at radius 3 is 2.51 bits per heavy atom. The molecule has 0 saturated carbocycles. The molecule has 0 spiro atoms. The molecule has 0 aliphatic carbocycles. The SMILES string of the molecule is CN(C)C(=O)COC(=O)[C@H](Cc1ccc(F)c(Br)c1)NC(=O)c1cc(Cl)c(Cl)cc1NS(=O)(=O)c1cccc2nsnc12. The van der Waals surface area contributed by atoms with Crippen LogP contribution in [0.5, 0.6) is 0 Å². The summed E-state index contributed by atoms with van der Waals surface area (Å²) in [6.45, 7) is -0.597. The van der Waals surface area contributed by atoms with E-state index in [9.17, 15) is 27.2 Å². The van der Waals surface area contributed by atoms with Gasteiger partial charge in [0.25, 0.3) is 21.8 Å². The maximum Gasteiger partial charge on any atom is 0.329 e. The van der Waals surface area contributed by atoms with Gasteiger partial charge in [-0.05, 0) is 57.9 Å². The first-order chi connectivity index (χ1) is 20.3. The second-order valence-corrected chi connectivity index (χ2v) is 13.0. The van der Waals surface area contributed by atoms with E-state index in [1.165, 1.54) is 49.3 Å². The Labute approximate surface area is 267 Å². The van der Waals surface area contributed by atoms with Gasteiger partial charge >= 0.3 is 5.97 Å². The van der Waals surface area contributed by atoms with Crippen molar-refractivity contribution in [2.45, 2.75) is 17.4 Å². The summed E-state index contributed by atoms with van der Waals surface area (Å²) >= 11 is 16.3. The summed E-state index contributed by atoms with van der Waals surface area (Å²) in [5, 5.41) is 2.37. The lowest BCUT2D eigenvalue weighted by Crippen LogP contribution is -2.44. The molecule has 0 radical (unpaired) electrons. The molecule has 0 aliphatic heterocycles. The standard InChI is InChI=1S/C26H21BrCl2FN5O6S2/c1-35(2)23(36)12-41-26(38)21(9-13-6-7-18(30)15(27)8-13)31-25(37)14-10-16(28)17(29)11-20(14)34-43(39,40)22-5-3-4-19-24(22)33-42-32-19/h3-8,10-11,21,34H,9,12H2,1-2H3,(H,31,37)/t21-/m0/s1. The van der Waals surface area contributed by atoms with E-state index in [2.05, 4.69) is 34.7 Å². The van der Waals surface area contributed by atoms with Crippen molar-refractivity contribution in [1.29, 1.82) is 0 Å². The van der Waals surface area contributed by atoms with Crippen LogP contribution in [0.2, 0.25) is 10.0 Å². The highest BCUT2D eigenvalue weighted by atomic mass is 79.9. The Morgan fingerprint density at radius 2 is 1.81 bits per heavy atom. The minimum atomic E-state index is -4.33. The number of carbonyl (C=O) groups excluding carboxylic acids is 3. The number of nitrogens with zero attached hydrogens (tertiary/aromatic N) is 3. The van der Waals surface area contributed by atoms with Gasteiger partial charge in [-0.2, -0.15) is 8.75 Å². The summed E-state index contributed by atoms with van der Waals surface area (Å²) in [5.74, 6) is -2.93. The molecule has 2 N–H and O–H groups in total. The summed E-state index contributed by atoms with van der Waals surface area (Å²) in [5.41, 5.74) is 0.415. The fourth-order valence-corrected chi connectivity index (χ4v) is 6.30. The number of ether oxygens (including phenoxy) is 1. The molecule has 0 aliphatic rings. The summed E-state index contributed by atoms with van der Waals surface area (Å²) in [6.07, 6.45) is -0.166. The fraction of sp³-hybridized carbons (Fsp3) is 0.192. The predicted octanol–water partition coefficient (Wildman–Crippen LogP) is 4.67. The average molecular weight is 733 g/mol. The third-order valence-corrected chi connectivity index (χ3v) is 9.21. The van der Waals surface area contributed by atoms with Crippen LogP contribution < -0.4 is 10.0 Å². The van der Waals surface area contributed by atoms with Crippen molar-refractivity contribution in [1.82, 2.24) is 19.0 Å². The van der Waals surface area contributed by atoms with Gasteiger partial charge in [0.1, 0.15) is 27.8 Å². The Kier molecular flexibility index (Phi) is 10.2. The molecular formula is C26H21BrCl2FN5O6S2. The zero-order valence-corrected chi connectivity index (χ0v) is 27.0. The van der Waals surface area contributed by atoms with E-state index in [1.807, 2.05) is 0 Å². The van der Waals surface area contributed by atoms with Gasteiger partial charge in [0.15, 0.2) is 6.61 Å². The minimum absolute atomic E-state index is 0.0567. The zero-order valence-electron chi connectivity index (χ0n) is 22.2. The van der Waals surface area contributed by atoms with E-state index in [1.54, 1.807) is 6.07 Å². The lowest BCUT2D eigenvalue weighted by Gasteiger charge is -2.20. The van der Waals surface area contributed by atoms with Gasteiger partial charge in [-0.25, -0.2) is 17.6 Å². The molecular weight excluding hydrogens is 712 g/mol. The minimum Gasteiger partial charge on any atom is -0.454 e. The second kappa shape index (κ2) is 13.5. The van der Waals surface area contributed by atoms with Crippen LogP contribution in [-0.2, 0) is 30.8 Å². The first-order valence-corrected chi connectivity index (χ1v) is 15.9. The molecule has 11 nitrogen and oxygen atoms in total. The first-order valence-electron chi connectivity index (χ1n) is 12.1. The number of fused-ring (bicyclic) bond motifs is 1. The molecule has 1 heterocycles. The van der Waals surface area contributed by atoms with Crippen LogP contribution in [0.15, 0.2) is 57.9 Å². The maximum absolute atomic E-state index is 13.8. The quantitative estimate of drug-likeness (QED) is 0.224. The number of halogens is 4. The molecule has 1 aromatic heterocycles. The monoisotopic (exact) mass is 731 g/mol. The van der Waals surface area contributed by atoms with Gasteiger partial charge in [0.05, 0.1) is 37.5 Å². The van der Waals surface area contributed by atoms with Gasteiger partial charge in [0.2, 0.25) is 0 Å². The van der Waals surface area contributed by atoms with E-state index in [0.29, 0.717) is 11.1 Å². The largest absolute Gasteiger partial charge is 0.454 e. The van der Waals surface area contributed by atoms with Gasteiger partial charge in [-0.1, -0.05) is 35.3 Å². The number of rotatable bonds is 10. The number of esters is 1. The molecule has 3 aromatic carbocycles. The van der Waals surface area contributed by atoms with Gasteiger partial charge in [-0.3, -0.25) is 14.3 Å². The topological polar surface area (TPSA) is 148 Å². The molecule has 1 atom stereocenters. The average Bonchev–Trinajstić information content (AvgIpc) is 3.43. The van der Waals surface area contributed by atoms with E-state index in [4.69, 9.17) is 27.9 Å². The maximum atomic E-state index is 13.8. The van der Waals surface area contributed by atoms with Crippen molar-refractivity contribution in [2.24, 2.45) is 0 Å². The number of nitrogens with one attached hydrogen (secondary N) is 2. The summed E-state index contributed by atoms with van der Waals surface area (Å²) < 4.78 is 56.3. The normalized spacial score (nSPS) is 12.0. The van der Waals surface area contributed by atoms with Crippen molar-refractivity contribution in [3.05, 3.63) is 80.0 Å². The Morgan fingerprint density at radius 1 is 1.09 bits per heavy atom. The van der Waals surface area contributed by atoms with Crippen LogP contribution in [0.3, 0.4) is 0 Å². The van der Waals surface area contributed by atoms with Crippen LogP contribution in [0, 0.1) is 5.82 Å². The Hall–Kier alpha value is -3.37. The molecule has 4 rings (SSSR count). The number of amides is 2. The number of aromatic nitrogens is 2. The van der Waals surface area contributed by atoms with Gasteiger partial charge < -0.3 is 15.0 Å². The molecule has 43 heavy (non-hydrogen) atoms. The van der Waals surface area contributed by atoms with Crippen LogP contribution in [0.4, 0.5) is 10.1 Å². The lowest BCUT2D eigenvalue weighted by molar-refractivity contribution is -0.152. The van der Waals surface area contributed by atoms with Crippen LogP contribution in [-0.4, -0.2) is 66.6 Å². The highest BCUT2D eigenvalue weighted by Crippen LogP contribution is 2.32. The Bertz CT molecular complexity index is 1840. The third-order valence-electron chi connectivity index (χ3n) is 5.94. The molecule has 2 amide bonds. The van der Waals surface area contributed by atoms with Gasteiger partial charge in [-0.15, -0.1) is 0 Å². The van der Waals surface area contributed by atoms with Gasteiger partial charge in [0, 0.05) is 20.5 Å². The molecule has 0 bridgehead atoms. The Balaban J connectivity index is 1.66. The van der Waals surface area contributed by atoms with Crippen molar-refractivity contribution < 1.29 is 31.9 Å². The van der Waals surface area contributed by atoms with Crippen molar-refractivity contribution in [3.8, 4) is 0 Å². The first kappa shape index (κ1) is 32.5. The summed E-state index contributed by atoms with van der Waals surface area (Å²) in [7, 11) is -1.37. The molecule has 17 heteroatoms. The third kappa shape index (κ3) is 7.78. The fourth-order valence-electron chi connectivity index (χ4n) is 3.71. The number of hydrogen-bond donors (Lipinski definition) is 2. The smallest absolute Gasteiger partial charge is 0.329 e. The zero-order chi connectivity index (χ0) is 31.5. The number of carbonyl (C=O) groups is 3. The highest BCUT2D eigenvalue weighted by Gasteiger charge is 2.28. The number of likely N-dealkylation sites (N-methyl/N-ethyl adjacent to an activating group) is 1. The number of hydrogen-bond acceptors (Lipinski definition) is 9. The van der Waals surface area contributed by atoms with Crippen molar-refractivity contribution in [3.63, 3.8) is 0 Å². The molecule has 0 unspecified atom stereocenters. The number of anilines is 1. The van der Waals surface area contributed by atoms with E-state index < -0.39 is 46.3 Å². The van der Waals surface area contributed by atoms with Crippen LogP contribution in [0.25, 0.3) is 11.0 Å². The highest BCUT2D eigenvalue weighted by molar-refractivity contribution is 9.10. The molecule has 0 fully saturated rings. The van der Waals surface area contributed by atoms with E-state index in [-0.39, 0.29) is 42.6 Å². The van der Waals surface area contributed by atoms with E-state index >= 15 is 0 Å². The van der Waals surface area contributed by atoms with Crippen LogP contribution in [0.1, 0.15) is 15.9 Å². The molecule has 4 aromatic rings. The predicted molar refractivity (Wildman–Crippen MR) is 163 cm³/mol. The number of benzene rings is 3. The van der Waals surface area contributed by atoms with Crippen molar-refractivity contribution in [2.75, 3.05) is 25.4 Å². The summed E-state index contributed by atoms with van der Waals surface area (Å²) in [6, 6.07) is 9.31. The lowest BCUT2D eigenvalue weighted by atomic mass is 10.0. The van der Waals surface area contributed by atoms with E-state index in [0.717, 1.165) is 23.9 Å². The molecule has 226 valence electrons. The second-order valence-electron chi connectivity index (χ2n) is 9.18.